The third-order valence-corrected chi connectivity index (χ3v) is 5.51. The van der Waals surface area contributed by atoms with Crippen molar-refractivity contribution in [3.8, 4) is 0 Å². The second kappa shape index (κ2) is 7.35. The van der Waals surface area contributed by atoms with Crippen molar-refractivity contribution in [2.24, 2.45) is 0 Å². The van der Waals surface area contributed by atoms with Crippen LogP contribution in [0.1, 0.15) is 30.4 Å². The highest BCUT2D eigenvalue weighted by Gasteiger charge is 2.31. The predicted octanol–water partition coefficient (Wildman–Crippen LogP) is 1.40. The van der Waals surface area contributed by atoms with Gasteiger partial charge >= 0.3 is 0 Å². The molecule has 0 aromatic heterocycles. The molecule has 1 aliphatic heterocycles. The fourth-order valence-corrected chi connectivity index (χ4v) is 4.15. The van der Waals surface area contributed by atoms with Gasteiger partial charge in [0.25, 0.3) is 10.2 Å². The number of aryl methyl sites for hydroxylation is 1. The number of nitrogens with one attached hydrogen (secondary N) is 2. The minimum absolute atomic E-state index is 0.0549. The first kappa shape index (κ1) is 16.4. The highest BCUT2D eigenvalue weighted by molar-refractivity contribution is 7.87. The topological polar surface area (TPSA) is 61.4 Å². The molecular weight excluding hydrogens is 286 g/mol. The van der Waals surface area contributed by atoms with Gasteiger partial charge in [0, 0.05) is 25.7 Å². The summed E-state index contributed by atoms with van der Waals surface area (Å²) in [6.07, 6.45) is 2.95. The Morgan fingerprint density at radius 3 is 2.62 bits per heavy atom. The van der Waals surface area contributed by atoms with Crippen LogP contribution in [0.25, 0.3) is 0 Å². The Labute approximate surface area is 127 Å². The summed E-state index contributed by atoms with van der Waals surface area (Å²) < 4.78 is 29.3. The second-order valence-corrected chi connectivity index (χ2v) is 7.34. The fraction of sp³-hybridized carbons (Fsp3) is 0.600. The van der Waals surface area contributed by atoms with Gasteiger partial charge in [-0.1, -0.05) is 36.2 Å². The van der Waals surface area contributed by atoms with Crippen LogP contribution in [0.4, 0.5) is 0 Å². The van der Waals surface area contributed by atoms with Crippen LogP contribution in [0.2, 0.25) is 0 Å². The minimum atomic E-state index is -3.42. The van der Waals surface area contributed by atoms with Gasteiger partial charge < -0.3 is 5.32 Å². The average molecular weight is 311 g/mol. The van der Waals surface area contributed by atoms with Gasteiger partial charge in [0.05, 0.1) is 0 Å². The van der Waals surface area contributed by atoms with Crippen molar-refractivity contribution in [3.63, 3.8) is 0 Å². The Balaban J connectivity index is 2.00. The first-order chi connectivity index (χ1) is 10.0. The lowest BCUT2D eigenvalue weighted by Crippen LogP contribution is -2.51. The molecule has 1 aliphatic rings. The van der Waals surface area contributed by atoms with Crippen molar-refractivity contribution in [1.82, 2.24) is 14.3 Å². The van der Waals surface area contributed by atoms with Gasteiger partial charge in [-0.15, -0.1) is 0 Å². The second-order valence-electron chi connectivity index (χ2n) is 5.63. The maximum Gasteiger partial charge on any atom is 0.280 e. The molecule has 1 heterocycles. The molecule has 21 heavy (non-hydrogen) atoms. The summed E-state index contributed by atoms with van der Waals surface area (Å²) in [4.78, 5) is 0. The van der Waals surface area contributed by atoms with E-state index < -0.39 is 10.2 Å². The zero-order valence-electron chi connectivity index (χ0n) is 12.8. The van der Waals surface area contributed by atoms with E-state index in [2.05, 4.69) is 10.0 Å². The number of benzene rings is 1. The van der Waals surface area contributed by atoms with E-state index in [0.29, 0.717) is 19.6 Å². The van der Waals surface area contributed by atoms with Gasteiger partial charge in [-0.2, -0.15) is 17.4 Å². The van der Waals surface area contributed by atoms with Crippen LogP contribution in [0.3, 0.4) is 0 Å². The molecule has 5 nitrogen and oxygen atoms in total. The largest absolute Gasteiger partial charge is 0.318 e. The van der Waals surface area contributed by atoms with E-state index >= 15 is 0 Å². The van der Waals surface area contributed by atoms with Crippen molar-refractivity contribution < 1.29 is 8.42 Å². The molecule has 6 heteroatoms. The monoisotopic (exact) mass is 311 g/mol. The number of hydrogen-bond donors (Lipinski definition) is 2. The van der Waals surface area contributed by atoms with E-state index in [-0.39, 0.29) is 6.04 Å². The van der Waals surface area contributed by atoms with E-state index in [1.807, 2.05) is 38.2 Å². The summed E-state index contributed by atoms with van der Waals surface area (Å²) in [6, 6.07) is 7.96. The molecule has 2 rings (SSSR count). The van der Waals surface area contributed by atoms with Crippen LogP contribution in [0, 0.1) is 6.92 Å². The summed E-state index contributed by atoms with van der Waals surface area (Å²) in [5.41, 5.74) is 2.15. The number of hydrogen-bond acceptors (Lipinski definition) is 3. The van der Waals surface area contributed by atoms with Crippen LogP contribution in [0.15, 0.2) is 24.3 Å². The zero-order chi connectivity index (χ0) is 15.3. The predicted molar refractivity (Wildman–Crippen MR) is 85.2 cm³/mol. The first-order valence-corrected chi connectivity index (χ1v) is 8.93. The van der Waals surface area contributed by atoms with E-state index in [0.717, 1.165) is 24.8 Å². The Morgan fingerprint density at radius 1 is 1.24 bits per heavy atom. The Hall–Kier alpha value is -0.950. The number of nitrogens with zero attached hydrogens (tertiary/aromatic N) is 1. The van der Waals surface area contributed by atoms with Crippen LogP contribution < -0.4 is 10.0 Å². The maximum absolute atomic E-state index is 12.5. The van der Waals surface area contributed by atoms with Gasteiger partial charge in [0.15, 0.2) is 0 Å². The lowest BCUT2D eigenvalue weighted by atomic mass is 10.1. The highest BCUT2D eigenvalue weighted by Crippen LogP contribution is 2.19. The normalized spacial score (nSPS) is 20.6. The summed E-state index contributed by atoms with van der Waals surface area (Å²) in [5, 5.41) is 3.09. The van der Waals surface area contributed by atoms with E-state index in [9.17, 15) is 8.42 Å². The molecule has 0 amide bonds. The van der Waals surface area contributed by atoms with E-state index in [1.54, 1.807) is 4.31 Å². The molecule has 1 unspecified atom stereocenters. The highest BCUT2D eigenvalue weighted by atomic mass is 32.2. The molecule has 1 aromatic carbocycles. The van der Waals surface area contributed by atoms with Gasteiger partial charge in [0.1, 0.15) is 0 Å². The fourth-order valence-electron chi connectivity index (χ4n) is 2.69. The van der Waals surface area contributed by atoms with Gasteiger partial charge in [-0.25, -0.2) is 0 Å². The standard InChI is InChI=1S/C15H25N3O2S/c1-13-6-8-14(9-7-13)11-17-21(19,20)18-10-4-3-5-15(18)12-16-2/h6-9,15-17H,3-5,10-12H2,1-2H3. The Kier molecular flexibility index (Phi) is 5.75. The lowest BCUT2D eigenvalue weighted by Gasteiger charge is -2.34. The van der Waals surface area contributed by atoms with Crippen molar-refractivity contribution in [3.05, 3.63) is 35.4 Å². The smallest absolute Gasteiger partial charge is 0.280 e. The average Bonchev–Trinajstić information content (AvgIpc) is 2.47. The third kappa shape index (κ3) is 4.51. The van der Waals surface area contributed by atoms with Crippen LogP contribution >= 0.6 is 0 Å². The molecule has 0 saturated carbocycles. The lowest BCUT2D eigenvalue weighted by molar-refractivity contribution is 0.246. The van der Waals surface area contributed by atoms with E-state index in [4.69, 9.17) is 0 Å². The van der Waals surface area contributed by atoms with Crippen molar-refractivity contribution in [1.29, 1.82) is 0 Å². The summed E-state index contributed by atoms with van der Waals surface area (Å²) in [5.74, 6) is 0. The molecular formula is C15H25N3O2S. The van der Waals surface area contributed by atoms with Crippen LogP contribution in [-0.2, 0) is 16.8 Å². The molecule has 0 bridgehead atoms. The van der Waals surface area contributed by atoms with Crippen molar-refractivity contribution in [2.45, 2.75) is 38.8 Å². The molecule has 0 radical (unpaired) electrons. The molecule has 1 atom stereocenters. The van der Waals surface area contributed by atoms with Gasteiger partial charge in [0.2, 0.25) is 0 Å². The van der Waals surface area contributed by atoms with Gasteiger partial charge in [-0.05, 0) is 32.4 Å². The molecule has 118 valence electrons. The van der Waals surface area contributed by atoms with Crippen molar-refractivity contribution in [2.75, 3.05) is 20.1 Å². The van der Waals surface area contributed by atoms with Gasteiger partial charge in [-0.3, -0.25) is 0 Å². The van der Waals surface area contributed by atoms with Crippen molar-refractivity contribution >= 4 is 10.2 Å². The summed E-state index contributed by atoms with van der Waals surface area (Å²) >= 11 is 0. The molecule has 1 saturated heterocycles. The molecule has 1 fully saturated rings. The molecule has 1 aromatic rings. The number of piperidine rings is 1. The quantitative estimate of drug-likeness (QED) is 0.835. The summed E-state index contributed by atoms with van der Waals surface area (Å²) in [6.45, 7) is 3.66. The number of likely N-dealkylation sites (N-methyl/N-ethyl adjacent to an activating group) is 1. The van der Waals surface area contributed by atoms with Crippen LogP contribution in [0.5, 0.6) is 0 Å². The Bertz CT molecular complexity index is 541. The first-order valence-electron chi connectivity index (χ1n) is 7.49. The Morgan fingerprint density at radius 2 is 1.95 bits per heavy atom. The third-order valence-electron chi connectivity index (χ3n) is 3.90. The minimum Gasteiger partial charge on any atom is -0.318 e. The SMILES string of the molecule is CNCC1CCCCN1S(=O)(=O)NCc1ccc(C)cc1. The molecule has 2 N–H and O–H groups in total. The zero-order valence-corrected chi connectivity index (χ0v) is 13.6. The van der Waals surface area contributed by atoms with E-state index in [1.165, 1.54) is 5.56 Å². The summed E-state index contributed by atoms with van der Waals surface area (Å²) in [7, 11) is -1.56. The molecule has 0 spiro atoms. The van der Waals surface area contributed by atoms with Crippen LogP contribution in [-0.4, -0.2) is 38.9 Å². The maximum atomic E-state index is 12.5. The number of rotatable bonds is 6. The molecule has 0 aliphatic carbocycles.